The van der Waals surface area contributed by atoms with E-state index in [0.717, 1.165) is 51.4 Å². The first-order valence-electron chi connectivity index (χ1n) is 14.4. The number of carbonyl (C=O) groups excluding carboxylic acids is 2. The lowest BCUT2D eigenvalue weighted by atomic mass is 9.99. The number of rotatable bonds is 21. The predicted molar refractivity (Wildman–Crippen MR) is 146 cm³/mol. The van der Waals surface area contributed by atoms with Gasteiger partial charge in [0.2, 0.25) is 0 Å². The van der Waals surface area contributed by atoms with Crippen molar-refractivity contribution >= 4 is 11.9 Å². The van der Waals surface area contributed by atoms with Crippen molar-refractivity contribution in [2.24, 2.45) is 0 Å². The van der Waals surface area contributed by atoms with E-state index in [1.807, 2.05) is 6.92 Å². The lowest BCUT2D eigenvalue weighted by Crippen LogP contribution is -2.59. The van der Waals surface area contributed by atoms with Crippen molar-refractivity contribution in [2.75, 3.05) is 19.8 Å². The number of hydrogen-bond donors (Lipinski definition) is 4. The minimum atomic E-state index is -1.59. The van der Waals surface area contributed by atoms with Gasteiger partial charge in [-0.2, -0.15) is 0 Å². The van der Waals surface area contributed by atoms with Crippen LogP contribution in [-0.2, 0) is 28.5 Å². The minimum absolute atomic E-state index is 0.201. The Labute approximate surface area is 233 Å². The fourth-order valence-electron chi connectivity index (χ4n) is 3.96. The van der Waals surface area contributed by atoms with Crippen LogP contribution in [0.25, 0.3) is 0 Å². The molecular formula is C29H50O10. The first-order chi connectivity index (χ1) is 18.8. The van der Waals surface area contributed by atoms with Gasteiger partial charge < -0.3 is 39.4 Å². The third-order valence-corrected chi connectivity index (χ3v) is 6.35. The molecule has 1 aliphatic heterocycles. The predicted octanol–water partition coefficient (Wildman–Crippen LogP) is 3.09. The van der Waals surface area contributed by atoms with E-state index in [0.29, 0.717) is 12.8 Å². The van der Waals surface area contributed by atoms with Gasteiger partial charge in [0, 0.05) is 12.8 Å². The lowest BCUT2D eigenvalue weighted by Gasteiger charge is -2.39. The molecule has 10 heteroatoms. The topological polar surface area (TPSA) is 152 Å². The number of allylic oxidation sites excluding steroid dienone is 4. The van der Waals surface area contributed by atoms with Gasteiger partial charge >= 0.3 is 11.9 Å². The molecule has 0 aliphatic carbocycles. The van der Waals surface area contributed by atoms with Gasteiger partial charge in [-0.3, -0.25) is 9.59 Å². The smallest absolute Gasteiger partial charge is 0.306 e. The zero-order valence-electron chi connectivity index (χ0n) is 23.6. The normalized spacial score (nSPS) is 24.3. The van der Waals surface area contributed by atoms with Crippen molar-refractivity contribution in [3.8, 4) is 0 Å². The standard InChI is InChI=1S/C29H50O10/c1-3-5-7-8-9-10-11-12-13-14-15-16-18-24(31)36-20-22(38-25(32)17-6-4-2)21-37-29-28(35)27(34)26(33)23(19-30)39-29/h5,7,9-10,22-23,26-30,33-35H,3-4,6,8,11-21H2,1-2H3/b7-5-,10-9-/t22-,23-,26+,27+,28-,29-/m1/s1. The Hall–Kier alpha value is -1.82. The molecule has 0 unspecified atom stereocenters. The van der Waals surface area contributed by atoms with Crippen molar-refractivity contribution in [3.63, 3.8) is 0 Å². The second kappa shape index (κ2) is 21.9. The van der Waals surface area contributed by atoms with Crippen molar-refractivity contribution in [2.45, 2.75) is 128 Å². The highest BCUT2D eigenvalue weighted by Gasteiger charge is 2.44. The minimum Gasteiger partial charge on any atom is -0.462 e. The maximum atomic E-state index is 12.2. The molecule has 0 bridgehead atoms. The molecule has 0 aromatic rings. The maximum absolute atomic E-state index is 12.2. The molecule has 1 saturated heterocycles. The zero-order chi connectivity index (χ0) is 28.9. The first-order valence-corrected chi connectivity index (χ1v) is 14.4. The van der Waals surface area contributed by atoms with Crippen LogP contribution in [0, 0.1) is 0 Å². The number of hydrogen-bond acceptors (Lipinski definition) is 10. The van der Waals surface area contributed by atoms with Crippen molar-refractivity contribution in [1.82, 2.24) is 0 Å². The maximum Gasteiger partial charge on any atom is 0.306 e. The van der Waals surface area contributed by atoms with Gasteiger partial charge in [0.05, 0.1) is 13.2 Å². The molecule has 226 valence electrons. The average Bonchev–Trinajstić information content (AvgIpc) is 2.93. The molecule has 1 fully saturated rings. The Bertz CT molecular complexity index is 708. The number of ether oxygens (including phenoxy) is 4. The second-order valence-electron chi connectivity index (χ2n) is 9.82. The lowest BCUT2D eigenvalue weighted by molar-refractivity contribution is -0.305. The summed E-state index contributed by atoms with van der Waals surface area (Å²) in [5, 5.41) is 39.3. The molecule has 1 heterocycles. The molecule has 4 N–H and O–H groups in total. The summed E-state index contributed by atoms with van der Waals surface area (Å²) in [5.74, 6) is -0.872. The van der Waals surface area contributed by atoms with E-state index in [1.165, 1.54) is 0 Å². The largest absolute Gasteiger partial charge is 0.462 e. The quantitative estimate of drug-likeness (QED) is 0.0939. The molecule has 1 rings (SSSR count). The molecule has 0 saturated carbocycles. The van der Waals surface area contributed by atoms with E-state index >= 15 is 0 Å². The number of esters is 2. The van der Waals surface area contributed by atoms with Crippen LogP contribution in [0.3, 0.4) is 0 Å². The summed E-state index contributed by atoms with van der Waals surface area (Å²) in [7, 11) is 0. The van der Waals surface area contributed by atoms with Crippen LogP contribution in [0.15, 0.2) is 24.3 Å². The third-order valence-electron chi connectivity index (χ3n) is 6.35. The van der Waals surface area contributed by atoms with Crippen LogP contribution in [-0.4, -0.2) is 89.0 Å². The van der Waals surface area contributed by atoms with Crippen LogP contribution in [0.5, 0.6) is 0 Å². The van der Waals surface area contributed by atoms with E-state index in [-0.39, 0.29) is 26.1 Å². The average molecular weight is 559 g/mol. The van der Waals surface area contributed by atoms with Crippen LogP contribution in [0.4, 0.5) is 0 Å². The Kier molecular flexibility index (Phi) is 19.8. The molecule has 0 spiro atoms. The molecule has 0 aromatic carbocycles. The summed E-state index contributed by atoms with van der Waals surface area (Å²) in [5.41, 5.74) is 0. The van der Waals surface area contributed by atoms with Gasteiger partial charge in [0.15, 0.2) is 12.4 Å². The SMILES string of the molecule is CC/C=C\C/C=C\CCCCCCCC(=O)OC[C@H](CO[C@@H]1O[C@H](CO)[C@H](O)[C@H](O)[C@H]1O)OC(=O)CCCC. The molecule has 10 nitrogen and oxygen atoms in total. The van der Waals surface area contributed by atoms with Crippen LogP contribution in [0.1, 0.15) is 90.9 Å². The summed E-state index contributed by atoms with van der Waals surface area (Å²) in [6, 6.07) is 0. The van der Waals surface area contributed by atoms with E-state index in [4.69, 9.17) is 18.9 Å². The molecular weight excluding hydrogens is 508 g/mol. The molecule has 0 amide bonds. The Morgan fingerprint density at radius 1 is 0.821 bits per heavy atom. The summed E-state index contributed by atoms with van der Waals surface area (Å²) < 4.78 is 21.5. The number of aliphatic hydroxyl groups excluding tert-OH is 4. The highest BCUT2D eigenvalue weighted by atomic mass is 16.7. The van der Waals surface area contributed by atoms with Gasteiger partial charge in [-0.1, -0.05) is 63.8 Å². The van der Waals surface area contributed by atoms with E-state index in [1.54, 1.807) is 0 Å². The van der Waals surface area contributed by atoms with Gasteiger partial charge in [0.25, 0.3) is 0 Å². The summed E-state index contributed by atoms with van der Waals surface area (Å²) >= 11 is 0. The van der Waals surface area contributed by atoms with Gasteiger partial charge in [-0.15, -0.1) is 0 Å². The number of aliphatic hydroxyl groups is 4. The van der Waals surface area contributed by atoms with E-state index in [9.17, 15) is 30.0 Å². The molecule has 0 radical (unpaired) electrons. The molecule has 6 atom stereocenters. The fraction of sp³-hybridized carbons (Fsp3) is 0.793. The van der Waals surface area contributed by atoms with Crippen molar-refractivity contribution < 1.29 is 49.0 Å². The fourth-order valence-corrected chi connectivity index (χ4v) is 3.96. The van der Waals surface area contributed by atoms with Crippen LogP contribution < -0.4 is 0 Å². The van der Waals surface area contributed by atoms with E-state index < -0.39 is 55.4 Å². The summed E-state index contributed by atoms with van der Waals surface area (Å²) in [4.78, 5) is 24.4. The van der Waals surface area contributed by atoms with Gasteiger partial charge in [-0.05, 0) is 38.5 Å². The Balaban J connectivity index is 2.38. The highest BCUT2D eigenvalue weighted by Crippen LogP contribution is 2.22. The molecule has 1 aliphatic rings. The number of carbonyl (C=O) groups is 2. The highest BCUT2D eigenvalue weighted by molar-refractivity contribution is 5.70. The Morgan fingerprint density at radius 2 is 1.51 bits per heavy atom. The third kappa shape index (κ3) is 15.5. The van der Waals surface area contributed by atoms with Crippen LogP contribution >= 0.6 is 0 Å². The molecule has 0 aromatic heterocycles. The van der Waals surface area contributed by atoms with Crippen molar-refractivity contribution in [3.05, 3.63) is 24.3 Å². The van der Waals surface area contributed by atoms with Gasteiger partial charge in [0.1, 0.15) is 31.0 Å². The number of unbranched alkanes of at least 4 members (excludes halogenated alkanes) is 6. The van der Waals surface area contributed by atoms with Crippen molar-refractivity contribution in [1.29, 1.82) is 0 Å². The first kappa shape index (κ1) is 35.2. The monoisotopic (exact) mass is 558 g/mol. The summed E-state index contributed by atoms with van der Waals surface area (Å²) in [6.45, 7) is 2.96. The zero-order valence-corrected chi connectivity index (χ0v) is 23.6. The second-order valence-corrected chi connectivity index (χ2v) is 9.82. The van der Waals surface area contributed by atoms with Gasteiger partial charge in [-0.25, -0.2) is 0 Å². The van der Waals surface area contributed by atoms with E-state index in [2.05, 4.69) is 31.2 Å². The molecule has 39 heavy (non-hydrogen) atoms. The Morgan fingerprint density at radius 3 is 2.23 bits per heavy atom. The summed E-state index contributed by atoms with van der Waals surface area (Å²) in [6.07, 6.45) is 10.5. The van der Waals surface area contributed by atoms with Crippen LogP contribution in [0.2, 0.25) is 0 Å².